The van der Waals surface area contributed by atoms with E-state index >= 15 is 0 Å². The van der Waals surface area contributed by atoms with Gasteiger partial charge in [-0.05, 0) is 49.2 Å². The van der Waals surface area contributed by atoms with Crippen molar-refractivity contribution in [2.75, 3.05) is 53.6 Å². The number of Topliss-reactive ketones (excluding diaryl/α,β-unsaturated/α-hetero) is 1. The number of nitrogens with zero attached hydrogens (tertiary/aromatic N) is 1. The first-order chi connectivity index (χ1) is 21.3. The molecule has 0 aromatic heterocycles. The fourth-order valence-corrected chi connectivity index (χ4v) is 5.58. The molecule has 45 heavy (non-hydrogen) atoms. The maximum absolute atomic E-state index is 13.0. The fourth-order valence-electron chi connectivity index (χ4n) is 4.87. The number of carboxylic acid groups (broad SMARTS) is 1. The van der Waals surface area contributed by atoms with Crippen LogP contribution in [0.2, 0.25) is 0 Å². The van der Waals surface area contributed by atoms with E-state index in [1.54, 1.807) is 31.2 Å². The van der Waals surface area contributed by atoms with Crippen LogP contribution in [-0.2, 0) is 18.3 Å². The number of ether oxygens (including phenoxy) is 1. The van der Waals surface area contributed by atoms with Gasteiger partial charge in [0.2, 0.25) is 0 Å². The monoisotopic (exact) mass is 642 g/mol. The van der Waals surface area contributed by atoms with Gasteiger partial charge in [0.1, 0.15) is 36.8 Å². The molecule has 0 spiro atoms. The molecule has 13 heteroatoms. The molecule has 12 nitrogen and oxygen atoms in total. The smallest absolute Gasteiger partial charge is 0.472 e. The summed E-state index contributed by atoms with van der Waals surface area (Å²) in [5, 5.41) is 20.7. The summed E-state index contributed by atoms with van der Waals surface area (Å²) in [5.74, 6) is -1.28. The number of carbonyl (C=O) groups excluding carboxylic acids is 1. The summed E-state index contributed by atoms with van der Waals surface area (Å²) in [7, 11) is -0.165. The summed E-state index contributed by atoms with van der Waals surface area (Å²) in [6.45, 7) is 3.52. The van der Waals surface area contributed by atoms with E-state index in [2.05, 4.69) is 4.52 Å². The highest BCUT2D eigenvalue weighted by atomic mass is 31.2. The summed E-state index contributed by atoms with van der Waals surface area (Å²) >= 11 is 0. The zero-order chi connectivity index (χ0) is 32.8. The lowest BCUT2D eigenvalue weighted by Gasteiger charge is -2.29. The van der Waals surface area contributed by atoms with Gasteiger partial charge in [-0.3, -0.25) is 18.6 Å². The van der Waals surface area contributed by atoms with E-state index in [9.17, 15) is 34.1 Å². The minimum Gasteiger partial charge on any atom is -0.508 e. The molecule has 240 valence electrons. The van der Waals surface area contributed by atoms with Gasteiger partial charge in [-0.1, -0.05) is 12.1 Å². The number of aromatic hydroxyl groups is 1. The van der Waals surface area contributed by atoms with Crippen LogP contribution in [0.4, 0.5) is 0 Å². The first kappa shape index (κ1) is 34.0. The normalized spacial score (nSPS) is 13.2. The number of likely N-dealkylation sites (N-methyl/N-ethyl adjacent to an activating group) is 1. The molecular weight excluding hydrogens is 605 g/mol. The molecule has 2 aromatic carbocycles. The number of benzene rings is 3. The van der Waals surface area contributed by atoms with E-state index in [0.717, 1.165) is 0 Å². The molecule has 4 rings (SSSR count). The molecule has 0 saturated carbocycles. The van der Waals surface area contributed by atoms with Crippen molar-refractivity contribution in [3.63, 3.8) is 0 Å². The predicted octanol–water partition coefficient (Wildman–Crippen LogP) is 5.18. The summed E-state index contributed by atoms with van der Waals surface area (Å²) in [6, 6.07) is 13.2. The number of carboxylic acids is 1. The summed E-state index contributed by atoms with van der Waals surface area (Å²) in [6.07, 6.45) is 0.577. The number of phosphoric ester groups is 1. The van der Waals surface area contributed by atoms with Crippen LogP contribution in [0.3, 0.4) is 0 Å². The van der Waals surface area contributed by atoms with Crippen molar-refractivity contribution in [2.24, 2.45) is 0 Å². The molecule has 1 atom stereocenters. The SMILES string of the molecule is CCOP(=O)(O)OCC[N+](C)(C)CCOCCCC(=O)c1ccc(-c2c3ccc(=O)cc-3oc3cc(O)ccc23)c(C(=O)O)c1. The van der Waals surface area contributed by atoms with Crippen molar-refractivity contribution in [1.82, 2.24) is 0 Å². The Hall–Kier alpha value is -3.90. The van der Waals surface area contributed by atoms with E-state index < -0.39 is 13.8 Å². The number of ketones is 1. The predicted molar refractivity (Wildman–Crippen MR) is 167 cm³/mol. The van der Waals surface area contributed by atoms with Crippen LogP contribution < -0.4 is 5.43 Å². The van der Waals surface area contributed by atoms with Crippen LogP contribution in [0.15, 0.2) is 63.8 Å². The number of phosphoric acid groups is 1. The van der Waals surface area contributed by atoms with Gasteiger partial charge in [0, 0.05) is 47.2 Å². The number of carbonyl (C=O) groups is 2. The second-order valence-corrected chi connectivity index (χ2v) is 12.6. The van der Waals surface area contributed by atoms with Gasteiger partial charge < -0.3 is 28.7 Å². The Bertz CT molecular complexity index is 1760. The lowest BCUT2D eigenvalue weighted by atomic mass is 9.89. The standard InChI is InChI=1S/C32H36NO11P/c1-4-42-45(39,40)43-17-14-33(2,3)13-16-41-15-5-6-28(36)21-7-10-24(27(18-21)32(37)38)31-25-11-8-22(34)19-29(25)44-30-20-23(35)9-12-26(30)31/h7-12,18-20H,4-6,13-17H2,1-3H3,(H2-,34,35,37,38,39,40)/p+1. The number of aromatic carboxylic acids is 1. The third kappa shape index (κ3) is 8.85. The first-order valence-corrected chi connectivity index (χ1v) is 15.9. The van der Waals surface area contributed by atoms with E-state index in [1.165, 1.54) is 30.3 Å². The van der Waals surface area contributed by atoms with Crippen molar-refractivity contribution in [3.8, 4) is 28.2 Å². The molecule has 0 fully saturated rings. The highest BCUT2D eigenvalue weighted by molar-refractivity contribution is 7.47. The Morgan fingerprint density at radius 2 is 1.67 bits per heavy atom. The topological polar surface area (TPSA) is 170 Å². The second-order valence-electron chi connectivity index (χ2n) is 11.1. The summed E-state index contributed by atoms with van der Waals surface area (Å²) < 4.78 is 33.3. The van der Waals surface area contributed by atoms with Gasteiger partial charge in [0.05, 0.1) is 32.9 Å². The molecule has 2 aliphatic rings. The van der Waals surface area contributed by atoms with Gasteiger partial charge in [-0.25, -0.2) is 9.36 Å². The third-order valence-corrected chi connectivity index (χ3v) is 8.39. The van der Waals surface area contributed by atoms with Crippen LogP contribution >= 0.6 is 7.82 Å². The largest absolute Gasteiger partial charge is 0.508 e. The summed E-state index contributed by atoms with van der Waals surface area (Å²) in [4.78, 5) is 47.0. The average molecular weight is 643 g/mol. The van der Waals surface area contributed by atoms with Crippen LogP contribution in [0, 0.1) is 0 Å². The van der Waals surface area contributed by atoms with E-state index in [4.69, 9.17) is 13.7 Å². The van der Waals surface area contributed by atoms with Gasteiger partial charge in [-0.2, -0.15) is 0 Å². The first-order valence-electron chi connectivity index (χ1n) is 14.4. The average Bonchev–Trinajstić information content (AvgIpc) is 2.96. The van der Waals surface area contributed by atoms with Gasteiger partial charge in [-0.15, -0.1) is 0 Å². The number of rotatable bonds is 16. The minimum absolute atomic E-state index is 0.0448. The van der Waals surface area contributed by atoms with Gasteiger partial charge in [0.15, 0.2) is 11.2 Å². The van der Waals surface area contributed by atoms with Crippen molar-refractivity contribution in [1.29, 1.82) is 0 Å². The van der Waals surface area contributed by atoms with Crippen LogP contribution in [-0.4, -0.2) is 85.0 Å². The molecule has 0 amide bonds. The number of phenolic OH excluding ortho intramolecular Hbond substituents is 1. The highest BCUT2D eigenvalue weighted by Crippen LogP contribution is 2.43. The van der Waals surface area contributed by atoms with E-state index in [-0.39, 0.29) is 59.1 Å². The van der Waals surface area contributed by atoms with Gasteiger partial charge >= 0.3 is 13.8 Å². The molecule has 0 bridgehead atoms. The van der Waals surface area contributed by atoms with Crippen LogP contribution in [0.1, 0.15) is 40.5 Å². The van der Waals surface area contributed by atoms with Crippen molar-refractivity contribution >= 4 is 30.5 Å². The fraction of sp³-hybridized carbons (Fsp3) is 0.344. The molecule has 0 saturated heterocycles. The van der Waals surface area contributed by atoms with E-state index in [0.29, 0.717) is 59.3 Å². The number of hydrogen-bond acceptors (Lipinski definition) is 9. The maximum Gasteiger partial charge on any atom is 0.472 e. The zero-order valence-electron chi connectivity index (χ0n) is 25.4. The second kappa shape index (κ2) is 14.5. The number of phenols is 1. The minimum atomic E-state index is -4.03. The Morgan fingerprint density at radius 3 is 2.40 bits per heavy atom. The lowest BCUT2D eigenvalue weighted by molar-refractivity contribution is -0.890. The third-order valence-electron chi connectivity index (χ3n) is 7.29. The highest BCUT2D eigenvalue weighted by Gasteiger charge is 2.24. The molecule has 2 aromatic rings. The molecular formula is C32H37NO11P+. The van der Waals surface area contributed by atoms with Crippen LogP contribution in [0.25, 0.3) is 33.4 Å². The Morgan fingerprint density at radius 1 is 0.933 bits per heavy atom. The molecule has 3 N–H and O–H groups in total. The number of quaternary nitrogens is 1. The molecule has 1 aliphatic heterocycles. The Kier molecular flexibility index (Phi) is 10.9. The van der Waals surface area contributed by atoms with Crippen molar-refractivity contribution < 1.29 is 51.9 Å². The van der Waals surface area contributed by atoms with Crippen molar-refractivity contribution in [3.05, 3.63) is 75.9 Å². The molecule has 1 aliphatic carbocycles. The van der Waals surface area contributed by atoms with Crippen molar-refractivity contribution in [2.45, 2.75) is 19.8 Å². The van der Waals surface area contributed by atoms with E-state index in [1.807, 2.05) is 14.1 Å². The number of fused-ring (bicyclic) bond motifs is 2. The molecule has 0 radical (unpaired) electrons. The molecule has 1 heterocycles. The number of hydrogen-bond donors (Lipinski definition) is 3. The maximum atomic E-state index is 13.0. The Balaban J connectivity index is 1.41. The Labute approximate surface area is 259 Å². The van der Waals surface area contributed by atoms with Gasteiger partial charge in [0.25, 0.3) is 0 Å². The summed E-state index contributed by atoms with van der Waals surface area (Å²) in [5.41, 5.74) is 1.49. The quantitative estimate of drug-likeness (QED) is 0.0484. The lowest BCUT2D eigenvalue weighted by Crippen LogP contribution is -2.44. The zero-order valence-corrected chi connectivity index (χ0v) is 26.2. The van der Waals surface area contributed by atoms with Crippen LogP contribution in [0.5, 0.6) is 5.75 Å². The molecule has 1 unspecified atom stereocenters.